The van der Waals surface area contributed by atoms with E-state index in [4.69, 9.17) is 5.73 Å². The van der Waals surface area contributed by atoms with E-state index < -0.39 is 4.92 Å². The van der Waals surface area contributed by atoms with Gasteiger partial charge in [-0.1, -0.05) is 11.7 Å². The van der Waals surface area contributed by atoms with Gasteiger partial charge in [0.25, 0.3) is 5.70 Å². The summed E-state index contributed by atoms with van der Waals surface area (Å²) in [5, 5.41) is 17.4. The van der Waals surface area contributed by atoms with Crippen LogP contribution in [0.5, 0.6) is 0 Å². The fourth-order valence-electron chi connectivity index (χ4n) is 0.880. The Bertz CT molecular complexity index is 407. The molecular weight excluding hydrogens is 188 g/mol. The third-order valence-corrected chi connectivity index (χ3v) is 1.57. The highest BCUT2D eigenvalue weighted by Gasteiger charge is 2.18. The van der Waals surface area contributed by atoms with Crippen molar-refractivity contribution in [2.45, 2.75) is 6.92 Å². The lowest BCUT2D eigenvalue weighted by molar-refractivity contribution is -0.418. The number of nitro groups is 1. The van der Waals surface area contributed by atoms with Crippen LogP contribution < -0.4 is 5.73 Å². The molecule has 0 aromatic carbocycles. The minimum absolute atomic E-state index is 0.108. The van der Waals surface area contributed by atoms with Crippen molar-refractivity contribution in [2.24, 2.45) is 5.73 Å². The average molecular weight is 196 g/mol. The molecule has 0 spiro atoms. The van der Waals surface area contributed by atoms with Crippen LogP contribution in [0.4, 0.5) is 0 Å². The third kappa shape index (κ3) is 1.60. The molecule has 7 heteroatoms. The van der Waals surface area contributed by atoms with Crippen molar-refractivity contribution in [3.63, 3.8) is 0 Å². The maximum Gasteiger partial charge on any atom is 0.293 e. The van der Waals surface area contributed by atoms with Crippen molar-refractivity contribution in [3.05, 3.63) is 39.9 Å². The summed E-state index contributed by atoms with van der Waals surface area (Å²) in [5.41, 5.74) is 5.63. The van der Waals surface area contributed by atoms with Crippen LogP contribution in [0.25, 0.3) is 5.70 Å². The first-order chi connectivity index (χ1) is 6.57. The zero-order valence-electron chi connectivity index (χ0n) is 7.43. The molecule has 0 atom stereocenters. The molecule has 0 aliphatic carbocycles. The second-order valence-corrected chi connectivity index (χ2v) is 2.46. The van der Waals surface area contributed by atoms with E-state index in [9.17, 15) is 10.1 Å². The summed E-state index contributed by atoms with van der Waals surface area (Å²) in [7, 11) is 0. The van der Waals surface area contributed by atoms with Crippen LogP contribution in [0.1, 0.15) is 11.4 Å². The number of rotatable bonds is 3. The molecule has 0 bridgehead atoms. The van der Waals surface area contributed by atoms with Crippen molar-refractivity contribution in [1.82, 2.24) is 10.3 Å². The molecule has 1 rings (SSSR count). The van der Waals surface area contributed by atoms with E-state index in [0.29, 0.717) is 5.69 Å². The summed E-state index contributed by atoms with van der Waals surface area (Å²) in [5.74, 6) is 0. The van der Waals surface area contributed by atoms with Gasteiger partial charge in [0.05, 0.1) is 4.92 Å². The lowest BCUT2D eigenvalue weighted by Gasteiger charge is -1.96. The molecule has 1 aromatic heterocycles. The molecule has 2 N–H and O–H groups in total. The van der Waals surface area contributed by atoms with Gasteiger partial charge < -0.3 is 5.73 Å². The Kier molecular flexibility index (Phi) is 2.61. The Labute approximate surface area is 79.0 Å². The van der Waals surface area contributed by atoms with Crippen molar-refractivity contribution >= 4 is 5.70 Å². The summed E-state index contributed by atoms with van der Waals surface area (Å²) in [6.45, 7) is 4.87. The molecule has 0 saturated carbocycles. The quantitative estimate of drug-likeness (QED) is 0.427. The monoisotopic (exact) mass is 196 g/mol. The molecular formula is C7H8N4O3. The van der Waals surface area contributed by atoms with Crippen LogP contribution >= 0.6 is 0 Å². The minimum Gasteiger partial charge on any atom is -0.391 e. The smallest absolute Gasteiger partial charge is 0.293 e. The second-order valence-electron chi connectivity index (χ2n) is 2.46. The third-order valence-electron chi connectivity index (χ3n) is 1.57. The van der Waals surface area contributed by atoms with Crippen LogP contribution in [0.2, 0.25) is 0 Å². The summed E-state index contributed by atoms with van der Waals surface area (Å²) >= 11 is 0. The van der Waals surface area contributed by atoms with E-state index in [1.54, 1.807) is 6.92 Å². The van der Waals surface area contributed by atoms with Crippen LogP contribution in [0, 0.1) is 17.0 Å². The predicted molar refractivity (Wildman–Crippen MR) is 47.3 cm³/mol. The number of nitrogens with zero attached hydrogens (tertiary/aromatic N) is 3. The van der Waals surface area contributed by atoms with Gasteiger partial charge in [0, 0.05) is 6.08 Å². The number of allylic oxidation sites excluding steroid dienone is 1. The molecule has 0 aliphatic heterocycles. The molecule has 0 amide bonds. The maximum absolute atomic E-state index is 10.5. The Morgan fingerprint density at radius 3 is 2.71 bits per heavy atom. The summed E-state index contributed by atoms with van der Waals surface area (Å²) in [6, 6.07) is 0. The lowest BCUT2D eigenvalue weighted by Crippen LogP contribution is -2.08. The first kappa shape index (κ1) is 9.90. The Morgan fingerprint density at radius 1 is 1.71 bits per heavy atom. The van der Waals surface area contributed by atoms with Gasteiger partial charge in [0.2, 0.25) is 0 Å². The van der Waals surface area contributed by atoms with Crippen molar-refractivity contribution in [1.29, 1.82) is 0 Å². The number of hydrogen-bond acceptors (Lipinski definition) is 6. The molecule has 7 nitrogen and oxygen atoms in total. The zero-order valence-corrected chi connectivity index (χ0v) is 7.43. The molecule has 1 aromatic rings. The van der Waals surface area contributed by atoms with Crippen LogP contribution in [0.15, 0.2) is 23.0 Å². The Morgan fingerprint density at radius 2 is 2.36 bits per heavy atom. The molecule has 0 fully saturated rings. The normalized spacial score (nSPS) is 12.1. The van der Waals surface area contributed by atoms with E-state index >= 15 is 0 Å². The van der Waals surface area contributed by atoms with Crippen molar-refractivity contribution in [3.8, 4) is 0 Å². The lowest BCUT2D eigenvalue weighted by atomic mass is 10.2. The SMILES string of the molecule is C=C/C(=C(/N)c1nonc1C)[N+](=O)[O-]. The van der Waals surface area contributed by atoms with E-state index in [1.165, 1.54) is 0 Å². The fraction of sp³-hybridized carbons (Fsp3) is 0.143. The van der Waals surface area contributed by atoms with E-state index in [1.807, 2.05) is 0 Å². The van der Waals surface area contributed by atoms with Gasteiger partial charge in [-0.15, -0.1) is 0 Å². The molecule has 14 heavy (non-hydrogen) atoms. The fourth-order valence-corrected chi connectivity index (χ4v) is 0.880. The zero-order chi connectivity index (χ0) is 10.7. The standard InChI is InChI=1S/C7H8N4O3/c1-3-5(11(12)13)6(8)7-4(2)9-14-10-7/h3H,1,8H2,2H3/b6-5-. The molecule has 0 saturated heterocycles. The number of aromatic nitrogens is 2. The van der Waals surface area contributed by atoms with Gasteiger partial charge in [-0.05, 0) is 12.1 Å². The average Bonchev–Trinajstić information content (AvgIpc) is 2.51. The Balaban J connectivity index is 3.27. The number of aryl methyl sites for hydroxylation is 1. The summed E-state index contributed by atoms with van der Waals surface area (Å²) in [4.78, 5) is 9.85. The van der Waals surface area contributed by atoms with Crippen molar-refractivity contribution < 1.29 is 9.55 Å². The van der Waals surface area contributed by atoms with E-state index in [0.717, 1.165) is 6.08 Å². The largest absolute Gasteiger partial charge is 0.391 e. The molecule has 0 radical (unpaired) electrons. The minimum atomic E-state index is -0.642. The number of nitrogens with two attached hydrogens (primary N) is 1. The summed E-state index contributed by atoms with van der Waals surface area (Å²) in [6.07, 6.45) is 1.05. The first-order valence-corrected chi connectivity index (χ1v) is 3.64. The van der Waals surface area contributed by atoms with Gasteiger partial charge in [0.1, 0.15) is 11.4 Å². The van der Waals surface area contributed by atoms with Gasteiger partial charge in [0.15, 0.2) is 5.69 Å². The molecule has 0 aliphatic rings. The highest BCUT2D eigenvalue weighted by molar-refractivity contribution is 5.64. The Hall–Kier alpha value is -2.18. The summed E-state index contributed by atoms with van der Waals surface area (Å²) < 4.78 is 4.37. The van der Waals surface area contributed by atoms with Gasteiger partial charge in [-0.3, -0.25) is 10.1 Å². The highest BCUT2D eigenvalue weighted by atomic mass is 16.6. The second kappa shape index (κ2) is 3.69. The number of hydrogen-bond donors (Lipinski definition) is 1. The maximum atomic E-state index is 10.5. The molecule has 74 valence electrons. The van der Waals surface area contributed by atoms with Gasteiger partial charge in [-0.2, -0.15) is 0 Å². The van der Waals surface area contributed by atoms with Crippen LogP contribution in [0.3, 0.4) is 0 Å². The predicted octanol–water partition coefficient (Wildman–Crippen LogP) is 0.468. The van der Waals surface area contributed by atoms with E-state index in [2.05, 4.69) is 21.5 Å². The topological polar surface area (TPSA) is 108 Å². The van der Waals surface area contributed by atoms with Gasteiger partial charge in [-0.25, -0.2) is 4.63 Å². The first-order valence-electron chi connectivity index (χ1n) is 3.64. The highest BCUT2D eigenvalue weighted by Crippen LogP contribution is 2.14. The molecule has 1 heterocycles. The van der Waals surface area contributed by atoms with Crippen LogP contribution in [-0.2, 0) is 0 Å². The molecule has 0 unspecified atom stereocenters. The van der Waals surface area contributed by atoms with Crippen LogP contribution in [-0.4, -0.2) is 15.2 Å². The van der Waals surface area contributed by atoms with Gasteiger partial charge >= 0.3 is 0 Å². The van der Waals surface area contributed by atoms with E-state index in [-0.39, 0.29) is 17.1 Å². The van der Waals surface area contributed by atoms with Crippen molar-refractivity contribution in [2.75, 3.05) is 0 Å².